The monoisotopic (exact) mass is 383 g/mol. The van der Waals surface area contributed by atoms with E-state index in [0.29, 0.717) is 5.88 Å². The van der Waals surface area contributed by atoms with Crippen LogP contribution in [-0.2, 0) is 5.88 Å². The Morgan fingerprint density at radius 3 is 2.71 bits per heavy atom. The SMILES string of the molecule is Cc1nc(C)c(C(C)n2c(CCl)nc3cc(Br)ccc32)s1. The summed E-state index contributed by atoms with van der Waals surface area (Å²) in [5, 5.41) is 1.09. The lowest BCUT2D eigenvalue weighted by molar-refractivity contribution is 0.639. The van der Waals surface area contributed by atoms with E-state index in [1.807, 2.05) is 19.1 Å². The Hall–Kier alpha value is -0.910. The van der Waals surface area contributed by atoms with Crippen molar-refractivity contribution < 1.29 is 0 Å². The molecule has 0 saturated carbocycles. The summed E-state index contributed by atoms with van der Waals surface area (Å²) in [4.78, 5) is 10.5. The molecule has 0 saturated heterocycles. The van der Waals surface area contributed by atoms with Crippen LogP contribution in [0.5, 0.6) is 0 Å². The predicted octanol–water partition coefficient (Wildman–Crippen LogP) is 5.22. The van der Waals surface area contributed by atoms with Crippen LogP contribution in [0.2, 0.25) is 0 Å². The fourth-order valence-corrected chi connectivity index (χ4v) is 4.21. The van der Waals surface area contributed by atoms with Crippen molar-refractivity contribution in [2.45, 2.75) is 32.7 Å². The van der Waals surface area contributed by atoms with E-state index < -0.39 is 0 Å². The van der Waals surface area contributed by atoms with E-state index in [9.17, 15) is 0 Å². The van der Waals surface area contributed by atoms with Crippen LogP contribution >= 0.6 is 38.9 Å². The normalized spacial score (nSPS) is 13.0. The number of benzene rings is 1. The molecule has 0 fully saturated rings. The smallest absolute Gasteiger partial charge is 0.125 e. The van der Waals surface area contributed by atoms with Crippen LogP contribution in [-0.4, -0.2) is 14.5 Å². The molecule has 2 heterocycles. The highest BCUT2D eigenvalue weighted by Crippen LogP contribution is 2.32. The minimum atomic E-state index is 0.177. The summed E-state index contributed by atoms with van der Waals surface area (Å²) in [6, 6.07) is 6.33. The van der Waals surface area contributed by atoms with E-state index in [-0.39, 0.29) is 6.04 Å². The van der Waals surface area contributed by atoms with Gasteiger partial charge in [-0.2, -0.15) is 0 Å². The largest absolute Gasteiger partial charge is 0.319 e. The highest BCUT2D eigenvalue weighted by Gasteiger charge is 2.20. The van der Waals surface area contributed by atoms with Gasteiger partial charge in [-0.05, 0) is 39.0 Å². The fraction of sp³-hybridized carbons (Fsp3) is 0.333. The Bertz CT molecular complexity index is 809. The molecule has 0 amide bonds. The number of hydrogen-bond acceptors (Lipinski definition) is 3. The molecule has 1 unspecified atom stereocenters. The summed E-state index contributed by atoms with van der Waals surface area (Å²) in [6.45, 7) is 6.28. The minimum Gasteiger partial charge on any atom is -0.319 e. The van der Waals surface area contributed by atoms with Gasteiger partial charge in [0.1, 0.15) is 5.82 Å². The number of nitrogens with zero attached hydrogens (tertiary/aromatic N) is 3. The van der Waals surface area contributed by atoms with Gasteiger partial charge in [-0.15, -0.1) is 22.9 Å². The lowest BCUT2D eigenvalue weighted by Gasteiger charge is -2.16. The molecular formula is C15H15BrClN3S. The van der Waals surface area contributed by atoms with Gasteiger partial charge in [0.15, 0.2) is 0 Å². The molecule has 2 aromatic heterocycles. The second-order valence-electron chi connectivity index (χ2n) is 5.02. The Balaban J connectivity index is 2.20. The molecule has 21 heavy (non-hydrogen) atoms. The van der Waals surface area contributed by atoms with E-state index in [4.69, 9.17) is 11.6 Å². The highest BCUT2D eigenvalue weighted by molar-refractivity contribution is 9.10. The predicted molar refractivity (Wildman–Crippen MR) is 92.4 cm³/mol. The number of halogens is 2. The van der Waals surface area contributed by atoms with Gasteiger partial charge in [-0.3, -0.25) is 0 Å². The third kappa shape index (κ3) is 2.62. The molecule has 0 aliphatic heterocycles. The van der Waals surface area contributed by atoms with Crippen molar-refractivity contribution in [2.75, 3.05) is 0 Å². The van der Waals surface area contributed by atoms with E-state index >= 15 is 0 Å². The first kappa shape index (κ1) is 15.0. The molecule has 3 rings (SSSR count). The molecule has 3 nitrogen and oxygen atoms in total. The van der Waals surface area contributed by atoms with Crippen molar-refractivity contribution in [3.63, 3.8) is 0 Å². The maximum atomic E-state index is 6.11. The van der Waals surface area contributed by atoms with Crippen molar-refractivity contribution >= 4 is 49.9 Å². The molecule has 0 N–H and O–H groups in total. The molecule has 1 atom stereocenters. The molecular weight excluding hydrogens is 370 g/mol. The third-order valence-corrected chi connectivity index (χ3v) is 5.53. The van der Waals surface area contributed by atoms with Gasteiger partial charge >= 0.3 is 0 Å². The van der Waals surface area contributed by atoms with Gasteiger partial charge in [0.2, 0.25) is 0 Å². The molecule has 0 spiro atoms. The van der Waals surface area contributed by atoms with Crippen LogP contribution in [0.3, 0.4) is 0 Å². The van der Waals surface area contributed by atoms with E-state index in [2.05, 4.69) is 50.4 Å². The number of hydrogen-bond donors (Lipinski definition) is 0. The minimum absolute atomic E-state index is 0.177. The summed E-state index contributed by atoms with van der Waals surface area (Å²) >= 11 is 11.3. The quantitative estimate of drug-likeness (QED) is 0.580. The van der Waals surface area contributed by atoms with Crippen LogP contribution in [0.1, 0.15) is 34.4 Å². The standard InChI is InChI=1S/C15H15BrClN3S/c1-8-15(21-10(3)18-8)9(2)20-13-5-4-11(16)6-12(13)19-14(20)7-17/h4-6,9H,7H2,1-3H3. The highest BCUT2D eigenvalue weighted by atomic mass is 79.9. The molecule has 0 aliphatic carbocycles. The maximum absolute atomic E-state index is 6.11. The molecule has 3 aromatic rings. The summed E-state index contributed by atoms with van der Waals surface area (Å²) in [5.74, 6) is 1.29. The van der Waals surface area contributed by atoms with E-state index in [0.717, 1.165) is 32.0 Å². The average Bonchev–Trinajstić information content (AvgIpc) is 2.97. The lowest BCUT2D eigenvalue weighted by atomic mass is 10.2. The summed E-state index contributed by atoms with van der Waals surface area (Å²) in [6.07, 6.45) is 0. The number of thiazole rings is 1. The average molecular weight is 385 g/mol. The third-order valence-electron chi connectivity index (χ3n) is 3.55. The zero-order chi connectivity index (χ0) is 15.1. The number of aryl methyl sites for hydroxylation is 2. The van der Waals surface area contributed by atoms with Gasteiger partial charge in [-0.1, -0.05) is 15.9 Å². The van der Waals surface area contributed by atoms with Gasteiger partial charge in [0.25, 0.3) is 0 Å². The van der Waals surface area contributed by atoms with Gasteiger partial charge in [0, 0.05) is 4.47 Å². The van der Waals surface area contributed by atoms with Crippen molar-refractivity contribution in [1.29, 1.82) is 0 Å². The number of rotatable bonds is 3. The van der Waals surface area contributed by atoms with E-state index in [1.165, 1.54) is 4.88 Å². The van der Waals surface area contributed by atoms with Gasteiger partial charge < -0.3 is 4.57 Å². The van der Waals surface area contributed by atoms with Crippen LogP contribution in [0.4, 0.5) is 0 Å². The number of fused-ring (bicyclic) bond motifs is 1. The first-order chi connectivity index (χ1) is 10.0. The number of imidazole rings is 1. The summed E-state index contributed by atoms with van der Waals surface area (Å²) < 4.78 is 3.24. The summed E-state index contributed by atoms with van der Waals surface area (Å²) in [7, 11) is 0. The molecule has 1 aromatic carbocycles. The van der Waals surface area contributed by atoms with Gasteiger partial charge in [0.05, 0.1) is 38.5 Å². The second-order valence-corrected chi connectivity index (χ2v) is 7.44. The van der Waals surface area contributed by atoms with Crippen molar-refractivity contribution in [1.82, 2.24) is 14.5 Å². The van der Waals surface area contributed by atoms with Gasteiger partial charge in [-0.25, -0.2) is 9.97 Å². The zero-order valence-electron chi connectivity index (χ0n) is 12.0. The zero-order valence-corrected chi connectivity index (χ0v) is 15.2. The molecule has 110 valence electrons. The molecule has 6 heteroatoms. The Kier molecular flexibility index (Phi) is 4.08. The van der Waals surface area contributed by atoms with Crippen molar-refractivity contribution in [3.05, 3.63) is 44.1 Å². The molecule has 0 aliphatic rings. The van der Waals surface area contributed by atoms with E-state index in [1.54, 1.807) is 11.3 Å². The maximum Gasteiger partial charge on any atom is 0.125 e. The molecule has 0 bridgehead atoms. The van der Waals surface area contributed by atoms with Crippen LogP contribution < -0.4 is 0 Å². The first-order valence-electron chi connectivity index (χ1n) is 6.67. The Morgan fingerprint density at radius 1 is 1.33 bits per heavy atom. The van der Waals surface area contributed by atoms with Crippen LogP contribution in [0.15, 0.2) is 22.7 Å². The van der Waals surface area contributed by atoms with Crippen molar-refractivity contribution in [3.8, 4) is 0 Å². The van der Waals surface area contributed by atoms with Crippen molar-refractivity contribution in [2.24, 2.45) is 0 Å². The fourth-order valence-electron chi connectivity index (χ4n) is 2.70. The molecule has 0 radical (unpaired) electrons. The Morgan fingerprint density at radius 2 is 2.10 bits per heavy atom. The summed E-state index contributed by atoms with van der Waals surface area (Å²) in [5.41, 5.74) is 3.15. The van der Waals surface area contributed by atoms with Crippen LogP contribution in [0, 0.1) is 13.8 Å². The second kappa shape index (κ2) is 5.71. The number of aromatic nitrogens is 3. The number of alkyl halides is 1. The van der Waals surface area contributed by atoms with Crippen LogP contribution in [0.25, 0.3) is 11.0 Å². The Labute approximate surface area is 141 Å². The first-order valence-corrected chi connectivity index (χ1v) is 8.82. The topological polar surface area (TPSA) is 30.7 Å². The lowest BCUT2D eigenvalue weighted by Crippen LogP contribution is -2.09.